The molecule has 0 saturated heterocycles. The molecular formula is C16H29N3S. The van der Waals surface area contributed by atoms with Crippen LogP contribution in [0.2, 0.25) is 0 Å². The van der Waals surface area contributed by atoms with Gasteiger partial charge in [0.05, 0.1) is 11.2 Å². The summed E-state index contributed by atoms with van der Waals surface area (Å²) in [6.45, 7) is 4.00. The molecule has 1 heterocycles. The number of likely N-dealkylation sites (N-methyl/N-ethyl adjacent to an activating group) is 1. The van der Waals surface area contributed by atoms with Crippen LogP contribution in [0.3, 0.4) is 0 Å². The molecule has 2 N–H and O–H groups in total. The van der Waals surface area contributed by atoms with E-state index in [0.717, 1.165) is 19.0 Å². The zero-order valence-electron chi connectivity index (χ0n) is 13.0. The molecule has 2 unspecified atom stereocenters. The molecule has 1 aromatic rings. The molecule has 20 heavy (non-hydrogen) atoms. The highest BCUT2D eigenvalue weighted by Crippen LogP contribution is 2.36. The fourth-order valence-electron chi connectivity index (χ4n) is 3.63. The van der Waals surface area contributed by atoms with E-state index in [9.17, 15) is 0 Å². The predicted octanol–water partition coefficient (Wildman–Crippen LogP) is 3.65. The molecule has 0 spiro atoms. The van der Waals surface area contributed by atoms with E-state index >= 15 is 0 Å². The molecule has 0 aliphatic heterocycles. The second-order valence-corrected chi connectivity index (χ2v) is 7.07. The summed E-state index contributed by atoms with van der Waals surface area (Å²) in [5.74, 6) is 0.918. The van der Waals surface area contributed by atoms with Gasteiger partial charge < -0.3 is 5.73 Å². The normalized spacial score (nSPS) is 27.7. The van der Waals surface area contributed by atoms with E-state index in [1.165, 1.54) is 50.6 Å². The second-order valence-electron chi connectivity index (χ2n) is 6.35. The van der Waals surface area contributed by atoms with Gasteiger partial charge in [-0.25, -0.2) is 4.98 Å². The Bertz CT molecular complexity index is 379. The van der Waals surface area contributed by atoms with Crippen molar-refractivity contribution in [1.29, 1.82) is 0 Å². The minimum absolute atomic E-state index is 0.187. The maximum absolute atomic E-state index is 6.20. The summed E-state index contributed by atoms with van der Waals surface area (Å²) < 4.78 is 0. The summed E-state index contributed by atoms with van der Waals surface area (Å²) in [6, 6.07) is 0. The molecule has 2 atom stereocenters. The van der Waals surface area contributed by atoms with E-state index in [0.29, 0.717) is 0 Å². The van der Waals surface area contributed by atoms with Crippen molar-refractivity contribution in [3.05, 3.63) is 16.6 Å². The van der Waals surface area contributed by atoms with Crippen molar-refractivity contribution in [3.8, 4) is 0 Å². The lowest BCUT2D eigenvalue weighted by atomic mass is 9.87. The summed E-state index contributed by atoms with van der Waals surface area (Å²) in [4.78, 5) is 6.89. The molecule has 2 rings (SSSR count). The van der Waals surface area contributed by atoms with Crippen LogP contribution in [-0.2, 0) is 6.54 Å². The van der Waals surface area contributed by atoms with Crippen molar-refractivity contribution < 1.29 is 0 Å². The van der Waals surface area contributed by atoms with Gasteiger partial charge in [-0.05, 0) is 32.2 Å². The van der Waals surface area contributed by atoms with E-state index in [1.54, 1.807) is 11.3 Å². The third-order valence-corrected chi connectivity index (χ3v) is 5.68. The first-order chi connectivity index (χ1) is 9.70. The Kier molecular flexibility index (Phi) is 6.00. The molecule has 114 valence electrons. The van der Waals surface area contributed by atoms with Crippen LogP contribution < -0.4 is 5.73 Å². The highest BCUT2D eigenvalue weighted by atomic mass is 32.1. The molecule has 1 fully saturated rings. The minimum atomic E-state index is 0.187. The molecule has 0 aromatic carbocycles. The topological polar surface area (TPSA) is 42.1 Å². The summed E-state index contributed by atoms with van der Waals surface area (Å²) >= 11 is 1.68. The SMILES string of the molecule is CCCC1CCCC(CN)(N(C)Cc2cscn2)CC1. The number of rotatable bonds is 6. The Hall–Kier alpha value is -0.450. The van der Waals surface area contributed by atoms with Gasteiger partial charge in [0.1, 0.15) is 0 Å². The van der Waals surface area contributed by atoms with Crippen molar-refractivity contribution in [2.45, 2.75) is 64.0 Å². The summed E-state index contributed by atoms with van der Waals surface area (Å²) in [5.41, 5.74) is 9.48. The summed E-state index contributed by atoms with van der Waals surface area (Å²) in [6.07, 6.45) is 9.24. The number of aromatic nitrogens is 1. The Morgan fingerprint density at radius 3 is 2.95 bits per heavy atom. The third-order valence-electron chi connectivity index (χ3n) is 5.04. The molecule has 0 bridgehead atoms. The van der Waals surface area contributed by atoms with Gasteiger partial charge >= 0.3 is 0 Å². The maximum Gasteiger partial charge on any atom is 0.0795 e. The van der Waals surface area contributed by atoms with Gasteiger partial charge in [0, 0.05) is 24.0 Å². The van der Waals surface area contributed by atoms with Gasteiger partial charge in [-0.2, -0.15) is 0 Å². The highest BCUT2D eigenvalue weighted by molar-refractivity contribution is 7.07. The molecule has 1 aliphatic carbocycles. The van der Waals surface area contributed by atoms with Crippen LogP contribution >= 0.6 is 11.3 Å². The van der Waals surface area contributed by atoms with Crippen molar-refractivity contribution in [2.24, 2.45) is 11.7 Å². The van der Waals surface area contributed by atoms with Crippen molar-refractivity contribution in [2.75, 3.05) is 13.6 Å². The van der Waals surface area contributed by atoms with Crippen LogP contribution in [0.1, 0.15) is 57.6 Å². The fourth-order valence-corrected chi connectivity index (χ4v) is 4.18. The van der Waals surface area contributed by atoms with Crippen LogP contribution in [0.5, 0.6) is 0 Å². The lowest BCUT2D eigenvalue weighted by Gasteiger charge is -2.40. The van der Waals surface area contributed by atoms with Gasteiger partial charge in [-0.1, -0.05) is 32.6 Å². The first kappa shape index (κ1) is 15.9. The standard InChI is InChI=1S/C16H29N3S/c1-3-5-14-6-4-8-16(12-17,9-7-14)19(2)10-15-11-20-13-18-15/h11,13-14H,3-10,12,17H2,1-2H3. The summed E-state index contributed by atoms with van der Waals surface area (Å²) in [7, 11) is 2.23. The maximum atomic E-state index is 6.20. The lowest BCUT2D eigenvalue weighted by molar-refractivity contribution is 0.0971. The average Bonchev–Trinajstić information content (AvgIpc) is 2.86. The molecule has 1 aromatic heterocycles. The number of hydrogen-bond donors (Lipinski definition) is 1. The second kappa shape index (κ2) is 7.53. The van der Waals surface area contributed by atoms with Crippen molar-refractivity contribution >= 4 is 11.3 Å². The lowest BCUT2D eigenvalue weighted by Crippen LogP contribution is -2.51. The Labute approximate surface area is 127 Å². The Morgan fingerprint density at radius 2 is 2.30 bits per heavy atom. The van der Waals surface area contributed by atoms with Crippen LogP contribution in [0.15, 0.2) is 10.9 Å². The van der Waals surface area contributed by atoms with Crippen molar-refractivity contribution in [1.82, 2.24) is 9.88 Å². The smallest absolute Gasteiger partial charge is 0.0795 e. The van der Waals surface area contributed by atoms with Gasteiger partial charge in [0.25, 0.3) is 0 Å². The van der Waals surface area contributed by atoms with Crippen molar-refractivity contribution in [3.63, 3.8) is 0 Å². The molecule has 1 aliphatic rings. The van der Waals surface area contributed by atoms with Crippen LogP contribution in [0.25, 0.3) is 0 Å². The molecule has 4 heteroatoms. The largest absolute Gasteiger partial charge is 0.329 e. The number of nitrogens with two attached hydrogens (primary N) is 1. The molecule has 0 radical (unpaired) electrons. The van der Waals surface area contributed by atoms with E-state index in [2.05, 4.69) is 29.2 Å². The summed E-state index contributed by atoms with van der Waals surface area (Å²) in [5, 5.41) is 2.15. The zero-order chi connectivity index (χ0) is 14.4. The van der Waals surface area contributed by atoms with Crippen LogP contribution in [0.4, 0.5) is 0 Å². The zero-order valence-corrected chi connectivity index (χ0v) is 13.8. The Morgan fingerprint density at radius 1 is 1.45 bits per heavy atom. The number of nitrogens with zero attached hydrogens (tertiary/aromatic N) is 2. The van der Waals surface area contributed by atoms with E-state index in [1.807, 2.05) is 5.51 Å². The Balaban J connectivity index is 2.00. The quantitative estimate of drug-likeness (QED) is 0.815. The van der Waals surface area contributed by atoms with Gasteiger partial charge in [-0.3, -0.25) is 4.90 Å². The molecule has 1 saturated carbocycles. The predicted molar refractivity (Wildman–Crippen MR) is 86.8 cm³/mol. The third kappa shape index (κ3) is 3.80. The first-order valence-electron chi connectivity index (χ1n) is 7.98. The van der Waals surface area contributed by atoms with E-state index in [-0.39, 0.29) is 5.54 Å². The molecule has 0 amide bonds. The van der Waals surface area contributed by atoms with E-state index < -0.39 is 0 Å². The van der Waals surface area contributed by atoms with Crippen LogP contribution in [-0.4, -0.2) is 29.0 Å². The van der Waals surface area contributed by atoms with Gasteiger partial charge in [-0.15, -0.1) is 11.3 Å². The molecular weight excluding hydrogens is 266 g/mol. The average molecular weight is 295 g/mol. The number of hydrogen-bond acceptors (Lipinski definition) is 4. The van der Waals surface area contributed by atoms with E-state index in [4.69, 9.17) is 5.73 Å². The highest BCUT2D eigenvalue weighted by Gasteiger charge is 2.35. The minimum Gasteiger partial charge on any atom is -0.329 e. The van der Waals surface area contributed by atoms with Gasteiger partial charge in [0.15, 0.2) is 0 Å². The molecule has 3 nitrogen and oxygen atoms in total. The van der Waals surface area contributed by atoms with Crippen LogP contribution in [0, 0.1) is 5.92 Å². The number of thiazole rings is 1. The monoisotopic (exact) mass is 295 g/mol. The van der Waals surface area contributed by atoms with Gasteiger partial charge in [0.2, 0.25) is 0 Å². The fraction of sp³-hybridized carbons (Fsp3) is 0.812. The first-order valence-corrected chi connectivity index (χ1v) is 8.93.